The third-order valence-corrected chi connectivity index (χ3v) is 2.46. The predicted molar refractivity (Wildman–Crippen MR) is 51.4 cm³/mol. The lowest BCUT2D eigenvalue weighted by molar-refractivity contribution is -0.115. The molecule has 0 fully saturated rings. The van der Waals surface area contributed by atoms with Gasteiger partial charge in [-0.2, -0.15) is 0 Å². The summed E-state index contributed by atoms with van der Waals surface area (Å²) >= 11 is 0. The quantitative estimate of drug-likeness (QED) is 0.669. The molecular formula is C10H12N2O. The third-order valence-electron chi connectivity index (χ3n) is 2.46. The van der Waals surface area contributed by atoms with Crippen molar-refractivity contribution in [2.75, 3.05) is 5.32 Å². The Hall–Kier alpha value is -1.35. The Kier molecular flexibility index (Phi) is 1.81. The van der Waals surface area contributed by atoms with Crippen LogP contribution in [0.25, 0.3) is 0 Å². The molecular weight excluding hydrogens is 164 g/mol. The summed E-state index contributed by atoms with van der Waals surface area (Å²) in [7, 11) is 0. The van der Waals surface area contributed by atoms with Gasteiger partial charge in [0.15, 0.2) is 0 Å². The van der Waals surface area contributed by atoms with Gasteiger partial charge >= 0.3 is 0 Å². The Morgan fingerprint density at radius 1 is 1.54 bits per heavy atom. The van der Waals surface area contributed by atoms with Crippen molar-refractivity contribution in [3.8, 4) is 0 Å². The van der Waals surface area contributed by atoms with Gasteiger partial charge in [0.05, 0.1) is 6.42 Å². The number of nitrogens with two attached hydrogens (primary N) is 1. The van der Waals surface area contributed by atoms with Crippen LogP contribution in [0.1, 0.15) is 16.7 Å². The molecule has 0 bridgehead atoms. The molecule has 0 radical (unpaired) electrons. The Labute approximate surface area is 76.9 Å². The van der Waals surface area contributed by atoms with E-state index in [4.69, 9.17) is 5.73 Å². The lowest BCUT2D eigenvalue weighted by Gasteiger charge is -2.07. The van der Waals surface area contributed by atoms with Crippen LogP contribution in [0, 0.1) is 6.92 Å². The molecule has 3 N–H and O–H groups in total. The topological polar surface area (TPSA) is 55.1 Å². The van der Waals surface area contributed by atoms with Crippen LogP contribution in [0.2, 0.25) is 0 Å². The van der Waals surface area contributed by atoms with E-state index in [0.717, 1.165) is 22.4 Å². The molecule has 0 spiro atoms. The SMILES string of the molecule is Cc1ccc(CN)c2c1CC(=O)N2. The van der Waals surface area contributed by atoms with Crippen LogP contribution in [0.4, 0.5) is 5.69 Å². The second kappa shape index (κ2) is 2.85. The largest absolute Gasteiger partial charge is 0.326 e. The fourth-order valence-corrected chi connectivity index (χ4v) is 1.70. The molecule has 0 atom stereocenters. The Morgan fingerprint density at radius 3 is 3.00 bits per heavy atom. The fourth-order valence-electron chi connectivity index (χ4n) is 1.70. The summed E-state index contributed by atoms with van der Waals surface area (Å²) in [6.45, 7) is 2.49. The summed E-state index contributed by atoms with van der Waals surface area (Å²) in [5.41, 5.74) is 9.79. The number of aryl methyl sites for hydroxylation is 1. The van der Waals surface area contributed by atoms with Crippen LogP contribution in [-0.4, -0.2) is 5.91 Å². The van der Waals surface area contributed by atoms with E-state index in [2.05, 4.69) is 5.32 Å². The lowest BCUT2D eigenvalue weighted by atomic mass is 10.0. The van der Waals surface area contributed by atoms with Crippen LogP contribution < -0.4 is 11.1 Å². The number of nitrogens with one attached hydrogen (secondary N) is 1. The minimum absolute atomic E-state index is 0.0685. The van der Waals surface area contributed by atoms with Crippen molar-refractivity contribution in [1.29, 1.82) is 0 Å². The minimum atomic E-state index is 0.0685. The maximum absolute atomic E-state index is 11.2. The van der Waals surface area contributed by atoms with Gasteiger partial charge in [-0.1, -0.05) is 12.1 Å². The van der Waals surface area contributed by atoms with Gasteiger partial charge in [0.25, 0.3) is 0 Å². The molecule has 0 aliphatic carbocycles. The van der Waals surface area contributed by atoms with Crippen molar-refractivity contribution < 1.29 is 4.79 Å². The van der Waals surface area contributed by atoms with Crippen molar-refractivity contribution in [3.63, 3.8) is 0 Å². The first kappa shape index (κ1) is 8.26. The van der Waals surface area contributed by atoms with Crippen LogP contribution in [0.15, 0.2) is 12.1 Å². The third kappa shape index (κ3) is 1.21. The maximum atomic E-state index is 11.2. The van der Waals surface area contributed by atoms with E-state index in [-0.39, 0.29) is 5.91 Å². The molecule has 2 rings (SSSR count). The average molecular weight is 176 g/mol. The van der Waals surface area contributed by atoms with Gasteiger partial charge in [-0.3, -0.25) is 4.79 Å². The van der Waals surface area contributed by atoms with Crippen molar-refractivity contribution in [3.05, 3.63) is 28.8 Å². The van der Waals surface area contributed by atoms with Crippen LogP contribution >= 0.6 is 0 Å². The number of anilines is 1. The second-order valence-electron chi connectivity index (χ2n) is 3.32. The van der Waals surface area contributed by atoms with E-state index >= 15 is 0 Å². The summed E-state index contributed by atoms with van der Waals surface area (Å²) in [5, 5.41) is 2.84. The van der Waals surface area contributed by atoms with Gasteiger partial charge in [-0.15, -0.1) is 0 Å². The molecule has 0 saturated heterocycles. The Morgan fingerprint density at radius 2 is 2.31 bits per heavy atom. The molecule has 1 heterocycles. The highest BCUT2D eigenvalue weighted by molar-refractivity contribution is 6.00. The summed E-state index contributed by atoms with van der Waals surface area (Å²) in [5.74, 6) is 0.0685. The van der Waals surface area contributed by atoms with Crippen molar-refractivity contribution in [2.24, 2.45) is 5.73 Å². The first-order valence-corrected chi connectivity index (χ1v) is 4.33. The number of hydrogen-bond donors (Lipinski definition) is 2. The van der Waals surface area contributed by atoms with Gasteiger partial charge in [-0.25, -0.2) is 0 Å². The highest BCUT2D eigenvalue weighted by Crippen LogP contribution is 2.29. The Bertz CT molecular complexity index is 371. The number of carbonyl (C=O) groups is 1. The van der Waals surface area contributed by atoms with E-state index in [1.165, 1.54) is 0 Å². The molecule has 0 aromatic heterocycles. The number of fused-ring (bicyclic) bond motifs is 1. The van der Waals surface area contributed by atoms with Gasteiger partial charge < -0.3 is 11.1 Å². The molecule has 13 heavy (non-hydrogen) atoms. The van der Waals surface area contributed by atoms with Crippen molar-refractivity contribution in [1.82, 2.24) is 0 Å². The number of amides is 1. The molecule has 0 unspecified atom stereocenters. The van der Waals surface area contributed by atoms with Gasteiger partial charge in [0.2, 0.25) is 5.91 Å². The molecule has 3 heteroatoms. The summed E-state index contributed by atoms with van der Waals surface area (Å²) in [6, 6.07) is 3.99. The Balaban J connectivity index is 2.58. The standard InChI is InChI=1S/C10H12N2O/c1-6-2-3-7(5-11)10-8(6)4-9(13)12-10/h2-3H,4-5,11H2,1H3,(H,12,13). The van der Waals surface area contributed by atoms with Gasteiger partial charge in [-0.05, 0) is 23.6 Å². The van der Waals surface area contributed by atoms with Crippen molar-refractivity contribution in [2.45, 2.75) is 19.9 Å². The molecule has 1 aliphatic heterocycles. The van der Waals surface area contributed by atoms with Crippen LogP contribution in [-0.2, 0) is 17.8 Å². The zero-order chi connectivity index (χ0) is 9.42. The van der Waals surface area contributed by atoms with Crippen molar-refractivity contribution >= 4 is 11.6 Å². The number of rotatable bonds is 1. The molecule has 1 amide bonds. The second-order valence-corrected chi connectivity index (χ2v) is 3.32. The zero-order valence-corrected chi connectivity index (χ0v) is 7.55. The predicted octanol–water partition coefficient (Wildman–Crippen LogP) is 0.948. The minimum Gasteiger partial charge on any atom is -0.326 e. The van der Waals surface area contributed by atoms with Crippen LogP contribution in [0.3, 0.4) is 0 Å². The summed E-state index contributed by atoms with van der Waals surface area (Å²) < 4.78 is 0. The summed E-state index contributed by atoms with van der Waals surface area (Å²) in [4.78, 5) is 11.2. The lowest BCUT2D eigenvalue weighted by Crippen LogP contribution is -2.06. The average Bonchev–Trinajstić information content (AvgIpc) is 2.48. The van der Waals surface area contributed by atoms with Crippen LogP contribution in [0.5, 0.6) is 0 Å². The van der Waals surface area contributed by atoms with E-state index in [1.807, 2.05) is 19.1 Å². The number of carbonyl (C=O) groups excluding carboxylic acids is 1. The molecule has 68 valence electrons. The van der Waals surface area contributed by atoms with E-state index in [1.54, 1.807) is 0 Å². The van der Waals surface area contributed by atoms with Gasteiger partial charge in [0, 0.05) is 12.2 Å². The summed E-state index contributed by atoms with van der Waals surface area (Å²) in [6.07, 6.45) is 0.495. The van der Waals surface area contributed by atoms with E-state index in [0.29, 0.717) is 13.0 Å². The number of hydrogen-bond acceptors (Lipinski definition) is 2. The first-order chi connectivity index (χ1) is 6.22. The monoisotopic (exact) mass is 176 g/mol. The van der Waals surface area contributed by atoms with E-state index < -0.39 is 0 Å². The maximum Gasteiger partial charge on any atom is 0.228 e. The highest BCUT2D eigenvalue weighted by atomic mass is 16.1. The van der Waals surface area contributed by atoms with E-state index in [9.17, 15) is 4.79 Å². The molecule has 1 aliphatic rings. The zero-order valence-electron chi connectivity index (χ0n) is 7.55. The molecule has 1 aromatic carbocycles. The molecule has 1 aromatic rings. The molecule has 3 nitrogen and oxygen atoms in total. The normalized spacial score (nSPS) is 14.2. The number of benzene rings is 1. The highest BCUT2D eigenvalue weighted by Gasteiger charge is 2.21. The molecule has 0 saturated carbocycles. The smallest absolute Gasteiger partial charge is 0.228 e. The fraction of sp³-hybridized carbons (Fsp3) is 0.300. The van der Waals surface area contributed by atoms with Gasteiger partial charge in [0.1, 0.15) is 0 Å². The first-order valence-electron chi connectivity index (χ1n) is 4.33.